The summed E-state index contributed by atoms with van der Waals surface area (Å²) in [7, 11) is 0. The highest BCUT2D eigenvalue weighted by molar-refractivity contribution is 5.49. The largest absolute Gasteiger partial charge is 0.494 e. The molecule has 1 heteroatoms. The Kier molecular flexibility index (Phi) is 4.96. The second kappa shape index (κ2) is 6.28. The summed E-state index contributed by atoms with van der Waals surface area (Å²) in [5.74, 6) is 1.68. The lowest BCUT2D eigenvalue weighted by atomic mass is 10.1. The first-order chi connectivity index (χ1) is 7.26. The maximum absolute atomic E-state index is 5.67. The molecule has 0 aliphatic rings. The molecule has 0 aromatic heterocycles. The van der Waals surface area contributed by atoms with Gasteiger partial charge in [-0.05, 0) is 30.0 Å². The van der Waals surface area contributed by atoms with E-state index >= 15 is 0 Å². The van der Waals surface area contributed by atoms with Crippen molar-refractivity contribution >= 4 is 6.08 Å². The van der Waals surface area contributed by atoms with Gasteiger partial charge in [0.1, 0.15) is 5.75 Å². The van der Waals surface area contributed by atoms with Gasteiger partial charge in [0.15, 0.2) is 0 Å². The van der Waals surface area contributed by atoms with Crippen LogP contribution < -0.4 is 4.74 Å². The van der Waals surface area contributed by atoms with Gasteiger partial charge in [-0.15, -0.1) is 0 Å². The van der Waals surface area contributed by atoms with Crippen LogP contribution in [0, 0.1) is 5.92 Å². The van der Waals surface area contributed by atoms with Gasteiger partial charge in [-0.25, -0.2) is 0 Å². The van der Waals surface area contributed by atoms with Gasteiger partial charge in [-0.2, -0.15) is 0 Å². The summed E-state index contributed by atoms with van der Waals surface area (Å²) in [6.45, 7) is 9.00. The Morgan fingerprint density at radius 1 is 1.47 bits per heavy atom. The van der Waals surface area contributed by atoms with Crippen LogP contribution >= 0.6 is 0 Å². The highest BCUT2D eigenvalue weighted by Gasteiger charge is 1.99. The highest BCUT2D eigenvalue weighted by atomic mass is 16.5. The number of ether oxygens (including phenoxy) is 1. The molecule has 1 nitrogen and oxygen atoms in total. The zero-order chi connectivity index (χ0) is 11.1. The van der Waals surface area contributed by atoms with Crippen LogP contribution in [-0.4, -0.2) is 6.61 Å². The Balaban J connectivity index is 2.40. The Labute approximate surface area is 92.8 Å². The van der Waals surface area contributed by atoms with Gasteiger partial charge in [0.25, 0.3) is 0 Å². The van der Waals surface area contributed by atoms with E-state index in [2.05, 4.69) is 20.4 Å². The third kappa shape index (κ3) is 4.20. The van der Waals surface area contributed by atoms with Gasteiger partial charge < -0.3 is 4.74 Å². The van der Waals surface area contributed by atoms with Crippen molar-refractivity contribution in [3.8, 4) is 5.75 Å². The van der Waals surface area contributed by atoms with E-state index < -0.39 is 0 Å². The lowest BCUT2D eigenvalue weighted by molar-refractivity contribution is 0.281. The summed E-state index contributed by atoms with van der Waals surface area (Å²) in [6, 6.07) is 8.03. The van der Waals surface area contributed by atoms with E-state index in [4.69, 9.17) is 4.74 Å². The quantitative estimate of drug-likeness (QED) is 0.676. The molecule has 0 bridgehead atoms. The van der Waals surface area contributed by atoms with Crippen LogP contribution in [0.25, 0.3) is 6.08 Å². The second-order valence-corrected chi connectivity index (χ2v) is 3.93. The first-order valence-electron chi connectivity index (χ1n) is 5.61. The molecule has 0 aliphatic heterocycles. The lowest BCUT2D eigenvalue weighted by Gasteiger charge is -2.10. The number of hydrogen-bond donors (Lipinski definition) is 0. The predicted molar refractivity (Wildman–Crippen MR) is 66.1 cm³/mol. The van der Waals surface area contributed by atoms with Crippen molar-refractivity contribution in [1.82, 2.24) is 0 Å². The molecule has 0 spiro atoms. The molecule has 15 heavy (non-hydrogen) atoms. The normalized spacial score (nSPS) is 12.1. The fraction of sp³-hybridized carbons (Fsp3) is 0.429. The fourth-order valence-corrected chi connectivity index (χ4v) is 1.31. The van der Waals surface area contributed by atoms with E-state index in [0.29, 0.717) is 0 Å². The summed E-state index contributed by atoms with van der Waals surface area (Å²) in [6.07, 6.45) is 4.17. The standard InChI is InChI=1S/C14H20O/c1-4-12(3)9-10-15-14-8-6-7-13(5-2)11-14/h5-8,11-12H,2,4,9-10H2,1,3H3. The SMILES string of the molecule is C=Cc1cccc(OCCC(C)CC)c1. The average molecular weight is 204 g/mol. The van der Waals surface area contributed by atoms with Crippen LogP contribution in [0.4, 0.5) is 0 Å². The van der Waals surface area contributed by atoms with Gasteiger partial charge in [0, 0.05) is 0 Å². The van der Waals surface area contributed by atoms with Crippen molar-refractivity contribution in [1.29, 1.82) is 0 Å². The summed E-state index contributed by atoms with van der Waals surface area (Å²) < 4.78 is 5.67. The Morgan fingerprint density at radius 3 is 2.93 bits per heavy atom. The molecule has 1 atom stereocenters. The molecular weight excluding hydrogens is 184 g/mol. The van der Waals surface area contributed by atoms with Crippen LogP contribution in [-0.2, 0) is 0 Å². The van der Waals surface area contributed by atoms with Crippen molar-refractivity contribution in [3.05, 3.63) is 36.4 Å². The molecule has 0 saturated carbocycles. The van der Waals surface area contributed by atoms with Crippen molar-refractivity contribution < 1.29 is 4.74 Å². The topological polar surface area (TPSA) is 9.23 Å². The molecular formula is C14H20O. The molecule has 0 saturated heterocycles. The molecule has 1 aromatic carbocycles. The summed E-state index contributed by atoms with van der Waals surface area (Å²) in [5.41, 5.74) is 1.11. The number of hydrogen-bond acceptors (Lipinski definition) is 1. The van der Waals surface area contributed by atoms with Crippen LogP contribution in [0.1, 0.15) is 32.3 Å². The Bertz CT molecular complexity index is 304. The molecule has 0 fully saturated rings. The minimum absolute atomic E-state index is 0.743. The van der Waals surface area contributed by atoms with E-state index in [9.17, 15) is 0 Å². The molecule has 0 radical (unpaired) electrons. The van der Waals surface area contributed by atoms with E-state index in [1.165, 1.54) is 6.42 Å². The Morgan fingerprint density at radius 2 is 2.27 bits per heavy atom. The molecule has 0 N–H and O–H groups in total. The van der Waals surface area contributed by atoms with Crippen molar-refractivity contribution in [2.75, 3.05) is 6.61 Å². The first-order valence-corrected chi connectivity index (χ1v) is 5.61. The van der Waals surface area contributed by atoms with Gasteiger partial charge in [0.2, 0.25) is 0 Å². The highest BCUT2D eigenvalue weighted by Crippen LogP contribution is 2.15. The minimum atomic E-state index is 0.743. The third-order valence-corrected chi connectivity index (χ3v) is 2.67. The smallest absolute Gasteiger partial charge is 0.119 e. The van der Waals surface area contributed by atoms with E-state index in [0.717, 1.165) is 30.3 Å². The maximum atomic E-state index is 5.67. The summed E-state index contributed by atoms with van der Waals surface area (Å²) in [5, 5.41) is 0. The Hall–Kier alpha value is -1.24. The molecule has 0 heterocycles. The molecule has 0 aliphatic carbocycles. The zero-order valence-electron chi connectivity index (χ0n) is 9.70. The number of rotatable bonds is 6. The van der Waals surface area contributed by atoms with Crippen molar-refractivity contribution in [2.24, 2.45) is 5.92 Å². The lowest BCUT2D eigenvalue weighted by Crippen LogP contribution is -2.03. The van der Waals surface area contributed by atoms with Gasteiger partial charge >= 0.3 is 0 Å². The summed E-state index contributed by atoms with van der Waals surface area (Å²) >= 11 is 0. The molecule has 0 amide bonds. The molecule has 1 aromatic rings. The van der Waals surface area contributed by atoms with Gasteiger partial charge in [0.05, 0.1) is 6.61 Å². The van der Waals surface area contributed by atoms with Crippen LogP contribution in [0.5, 0.6) is 5.75 Å². The predicted octanol–water partition coefficient (Wildman–Crippen LogP) is 4.14. The van der Waals surface area contributed by atoms with Gasteiger partial charge in [-0.3, -0.25) is 0 Å². The van der Waals surface area contributed by atoms with Crippen LogP contribution in [0.15, 0.2) is 30.8 Å². The monoisotopic (exact) mass is 204 g/mol. The van der Waals surface area contributed by atoms with Crippen LogP contribution in [0.2, 0.25) is 0 Å². The van der Waals surface area contributed by atoms with E-state index in [1.54, 1.807) is 0 Å². The zero-order valence-corrected chi connectivity index (χ0v) is 9.70. The van der Waals surface area contributed by atoms with Crippen molar-refractivity contribution in [2.45, 2.75) is 26.7 Å². The average Bonchev–Trinajstić information content (AvgIpc) is 2.29. The van der Waals surface area contributed by atoms with E-state index in [-0.39, 0.29) is 0 Å². The first kappa shape index (κ1) is 11.8. The second-order valence-electron chi connectivity index (χ2n) is 3.93. The minimum Gasteiger partial charge on any atom is -0.494 e. The maximum Gasteiger partial charge on any atom is 0.119 e. The van der Waals surface area contributed by atoms with Crippen LogP contribution in [0.3, 0.4) is 0 Å². The van der Waals surface area contributed by atoms with Gasteiger partial charge in [-0.1, -0.05) is 45.1 Å². The third-order valence-electron chi connectivity index (χ3n) is 2.67. The van der Waals surface area contributed by atoms with Crippen molar-refractivity contribution in [3.63, 3.8) is 0 Å². The molecule has 82 valence electrons. The van der Waals surface area contributed by atoms with E-state index in [1.807, 2.05) is 30.3 Å². The summed E-state index contributed by atoms with van der Waals surface area (Å²) in [4.78, 5) is 0. The molecule has 1 rings (SSSR count). The number of benzene rings is 1. The molecule has 1 unspecified atom stereocenters. The fourth-order valence-electron chi connectivity index (χ4n) is 1.31.